The molecule has 0 bridgehead atoms. The van der Waals surface area contributed by atoms with Crippen LogP contribution < -0.4 is 10.9 Å². The maximum Gasteiger partial charge on any atom is 0.272 e. The summed E-state index contributed by atoms with van der Waals surface area (Å²) >= 11 is 0. The Kier molecular flexibility index (Phi) is 3.49. The molecule has 0 amide bonds. The number of alkyl halides is 1. The monoisotopic (exact) mass is 382 g/mol. The molecule has 5 rings (SSSR count). The minimum absolute atomic E-state index is 0.145. The Morgan fingerprint density at radius 2 is 2.18 bits per heavy atom. The van der Waals surface area contributed by atoms with Crippen molar-refractivity contribution in [3.63, 3.8) is 0 Å². The van der Waals surface area contributed by atoms with Gasteiger partial charge in [0.25, 0.3) is 5.56 Å². The zero-order valence-corrected chi connectivity index (χ0v) is 14.9. The van der Waals surface area contributed by atoms with E-state index in [-0.39, 0.29) is 11.8 Å². The Hall–Kier alpha value is -3.36. The van der Waals surface area contributed by atoms with Gasteiger partial charge in [0.1, 0.15) is 18.0 Å². The average molecular weight is 382 g/mol. The molecule has 2 aromatic heterocycles. The third-order valence-corrected chi connectivity index (χ3v) is 5.41. The summed E-state index contributed by atoms with van der Waals surface area (Å²) in [5, 5.41) is 14.5. The predicted molar refractivity (Wildman–Crippen MR) is 99.3 cm³/mol. The van der Waals surface area contributed by atoms with E-state index in [1.165, 1.54) is 18.5 Å². The van der Waals surface area contributed by atoms with E-state index in [0.717, 1.165) is 6.07 Å². The first-order valence-corrected chi connectivity index (χ1v) is 8.83. The van der Waals surface area contributed by atoms with Crippen molar-refractivity contribution in [1.82, 2.24) is 25.0 Å². The van der Waals surface area contributed by atoms with Crippen LogP contribution in [0.4, 0.5) is 14.5 Å². The molecule has 28 heavy (non-hydrogen) atoms. The molecule has 0 saturated carbocycles. The number of H-pyrrole nitrogens is 1. The van der Waals surface area contributed by atoms with Gasteiger partial charge in [0.05, 0.1) is 23.0 Å². The van der Waals surface area contributed by atoms with Gasteiger partial charge in [-0.05, 0) is 18.2 Å². The van der Waals surface area contributed by atoms with Gasteiger partial charge in [0, 0.05) is 24.5 Å². The second-order valence-corrected chi connectivity index (χ2v) is 7.07. The lowest BCUT2D eigenvalue weighted by molar-refractivity contribution is 0.182. The second kappa shape index (κ2) is 5.82. The van der Waals surface area contributed by atoms with Crippen molar-refractivity contribution in [2.75, 3.05) is 5.32 Å². The van der Waals surface area contributed by atoms with E-state index in [1.54, 1.807) is 30.0 Å². The number of nitrogens with zero attached hydrogens (tertiary/aromatic N) is 4. The lowest BCUT2D eigenvalue weighted by Crippen LogP contribution is -2.49. The summed E-state index contributed by atoms with van der Waals surface area (Å²) in [7, 11) is 1.71. The fourth-order valence-electron chi connectivity index (χ4n) is 4.13. The molecule has 3 heterocycles. The van der Waals surface area contributed by atoms with Gasteiger partial charge in [-0.2, -0.15) is 10.2 Å². The molecule has 1 aliphatic carbocycles. The van der Waals surface area contributed by atoms with E-state index in [9.17, 15) is 9.18 Å². The summed E-state index contributed by atoms with van der Waals surface area (Å²) in [6.45, 7) is 0. The first-order valence-electron chi connectivity index (χ1n) is 8.83. The summed E-state index contributed by atoms with van der Waals surface area (Å²) < 4.78 is 31.8. The molecule has 0 fully saturated rings. The standard InChI is InChI=1S/C19H16F2N6O/c1-27-17(22-9-23-27)14-15-13-11(18(28)26-25-15)7-10(20)8-12(13)24-16(14)19(21)5-3-2-4-6-19/h2-5,7-9,14,16,24H,6H2,1H3,(H,26,28)/t14-,16-,19?/m1/s1. The maximum absolute atomic E-state index is 16.0. The van der Waals surface area contributed by atoms with Crippen molar-refractivity contribution >= 4 is 16.5 Å². The van der Waals surface area contributed by atoms with Crippen LogP contribution in [0.1, 0.15) is 23.9 Å². The van der Waals surface area contributed by atoms with Gasteiger partial charge in [-0.1, -0.05) is 18.2 Å². The van der Waals surface area contributed by atoms with Gasteiger partial charge in [0.2, 0.25) is 0 Å². The van der Waals surface area contributed by atoms with Crippen LogP contribution in [0, 0.1) is 5.82 Å². The van der Waals surface area contributed by atoms with Gasteiger partial charge in [-0.3, -0.25) is 9.48 Å². The largest absolute Gasteiger partial charge is 0.377 e. The predicted octanol–water partition coefficient (Wildman–Crippen LogP) is 2.34. The molecule has 2 N–H and O–H groups in total. The normalized spacial score (nSPS) is 25.8. The molecule has 7 nitrogen and oxygen atoms in total. The zero-order valence-electron chi connectivity index (χ0n) is 14.9. The van der Waals surface area contributed by atoms with Crippen LogP contribution in [0.5, 0.6) is 0 Å². The van der Waals surface area contributed by atoms with Crippen LogP contribution in [0.25, 0.3) is 10.8 Å². The van der Waals surface area contributed by atoms with E-state index < -0.39 is 29.0 Å². The molecule has 142 valence electrons. The van der Waals surface area contributed by atoms with Crippen LogP contribution in [0.3, 0.4) is 0 Å². The number of hydrogen-bond donors (Lipinski definition) is 2. The fourth-order valence-corrected chi connectivity index (χ4v) is 4.13. The molecular formula is C19H16F2N6O. The van der Waals surface area contributed by atoms with E-state index in [4.69, 9.17) is 0 Å². The Morgan fingerprint density at radius 1 is 1.32 bits per heavy atom. The van der Waals surface area contributed by atoms with Gasteiger partial charge in [-0.25, -0.2) is 18.9 Å². The summed E-state index contributed by atoms with van der Waals surface area (Å²) in [6, 6.07) is 1.60. The van der Waals surface area contributed by atoms with Gasteiger partial charge in [0.15, 0.2) is 5.67 Å². The van der Waals surface area contributed by atoms with Crippen molar-refractivity contribution < 1.29 is 8.78 Å². The van der Waals surface area contributed by atoms with Crippen molar-refractivity contribution in [2.24, 2.45) is 7.05 Å². The summed E-state index contributed by atoms with van der Waals surface area (Å²) in [4.78, 5) is 16.6. The highest BCUT2D eigenvalue weighted by atomic mass is 19.1. The van der Waals surface area contributed by atoms with Gasteiger partial charge >= 0.3 is 0 Å². The summed E-state index contributed by atoms with van der Waals surface area (Å²) in [5.41, 5.74) is -1.50. The smallest absolute Gasteiger partial charge is 0.272 e. The van der Waals surface area contributed by atoms with Crippen molar-refractivity contribution in [2.45, 2.75) is 24.0 Å². The molecule has 1 aliphatic heterocycles. The molecule has 0 saturated heterocycles. The molecule has 9 heteroatoms. The third-order valence-electron chi connectivity index (χ3n) is 5.41. The first kappa shape index (κ1) is 16.8. The zero-order chi connectivity index (χ0) is 19.5. The van der Waals surface area contributed by atoms with E-state index in [0.29, 0.717) is 22.6 Å². The minimum Gasteiger partial charge on any atom is -0.377 e. The Balaban J connectivity index is 1.82. The number of allylic oxidation sites excluding steroid dienone is 3. The third kappa shape index (κ3) is 2.32. The Morgan fingerprint density at radius 3 is 2.89 bits per heavy atom. The van der Waals surface area contributed by atoms with Crippen molar-refractivity contribution in [1.29, 1.82) is 0 Å². The first-order chi connectivity index (χ1) is 13.5. The molecular weight excluding hydrogens is 366 g/mol. The average Bonchev–Trinajstić information content (AvgIpc) is 3.10. The number of anilines is 1. The molecule has 3 aromatic rings. The number of hydrogen-bond acceptors (Lipinski definition) is 5. The SMILES string of the molecule is Cn1ncnc1[C@@H]1c2n[nH]c(=O)c3cc(F)cc(c23)N[C@H]1C1(F)C=CC=CC1. The second-order valence-electron chi connectivity index (χ2n) is 7.07. The molecule has 0 spiro atoms. The maximum atomic E-state index is 16.0. The number of aromatic nitrogens is 5. The highest BCUT2D eigenvalue weighted by Crippen LogP contribution is 2.45. The number of halogens is 2. The number of benzene rings is 1. The van der Waals surface area contributed by atoms with Crippen LogP contribution in [-0.4, -0.2) is 36.7 Å². The lowest BCUT2D eigenvalue weighted by Gasteiger charge is -2.40. The van der Waals surface area contributed by atoms with E-state index in [2.05, 4.69) is 25.6 Å². The fraction of sp³-hybridized carbons (Fsp3) is 0.263. The molecule has 2 aliphatic rings. The van der Waals surface area contributed by atoms with Crippen LogP contribution in [0.15, 0.2) is 47.6 Å². The minimum atomic E-state index is -1.76. The lowest BCUT2D eigenvalue weighted by atomic mass is 9.76. The van der Waals surface area contributed by atoms with Crippen molar-refractivity contribution in [3.05, 3.63) is 70.5 Å². The highest BCUT2D eigenvalue weighted by Gasteiger charge is 2.48. The number of nitrogens with one attached hydrogen (secondary N) is 2. The van der Waals surface area contributed by atoms with Crippen LogP contribution >= 0.6 is 0 Å². The molecule has 0 radical (unpaired) electrons. The van der Waals surface area contributed by atoms with Crippen molar-refractivity contribution in [3.8, 4) is 0 Å². The quantitative estimate of drug-likeness (QED) is 0.710. The van der Waals surface area contributed by atoms with Crippen LogP contribution in [0.2, 0.25) is 0 Å². The Labute approximate surface area is 157 Å². The number of aryl methyl sites for hydroxylation is 1. The van der Waals surface area contributed by atoms with E-state index >= 15 is 4.39 Å². The Bertz CT molecular complexity index is 1210. The summed E-state index contributed by atoms with van der Waals surface area (Å²) in [6.07, 6.45) is 8.19. The van der Waals surface area contributed by atoms with E-state index in [1.807, 2.05) is 0 Å². The van der Waals surface area contributed by atoms with Gasteiger partial charge in [-0.15, -0.1) is 0 Å². The molecule has 3 atom stereocenters. The summed E-state index contributed by atoms with van der Waals surface area (Å²) in [5.74, 6) is -0.736. The molecule has 1 unspecified atom stereocenters. The van der Waals surface area contributed by atoms with Crippen LogP contribution in [-0.2, 0) is 7.05 Å². The number of aromatic amines is 1. The topological polar surface area (TPSA) is 88.5 Å². The highest BCUT2D eigenvalue weighted by molar-refractivity contribution is 5.97. The number of rotatable bonds is 2. The molecule has 1 aromatic carbocycles. The van der Waals surface area contributed by atoms with Gasteiger partial charge < -0.3 is 5.32 Å².